The molecule has 1 N–H and O–H groups in total. The van der Waals surface area contributed by atoms with Crippen LogP contribution in [0.5, 0.6) is 0 Å². The van der Waals surface area contributed by atoms with E-state index in [1.54, 1.807) is 6.07 Å². The number of amides is 1. The van der Waals surface area contributed by atoms with Crippen LogP contribution < -0.4 is 0 Å². The van der Waals surface area contributed by atoms with Crippen molar-refractivity contribution in [3.63, 3.8) is 0 Å². The lowest BCUT2D eigenvalue weighted by molar-refractivity contribution is 0.0674. The highest BCUT2D eigenvalue weighted by Crippen LogP contribution is 2.29. The molecule has 1 amide bonds. The SMILES string of the molecule is Cn1cnc2c(CN(CC3CCC3)C(=O)c3cc(Br)[nH]n3)cccc21. The lowest BCUT2D eigenvalue weighted by Crippen LogP contribution is -2.37. The van der Waals surface area contributed by atoms with Crippen LogP contribution in [0, 0.1) is 5.92 Å². The molecule has 0 unspecified atom stereocenters. The topological polar surface area (TPSA) is 66.8 Å². The molecule has 7 heteroatoms. The maximum Gasteiger partial charge on any atom is 0.274 e. The molecule has 1 aliphatic rings. The number of benzene rings is 1. The van der Waals surface area contributed by atoms with E-state index < -0.39 is 0 Å². The number of halogens is 1. The maximum absolute atomic E-state index is 13.0. The molecular weight excluding hydrogens is 382 g/mol. The number of carbonyl (C=O) groups excluding carboxylic acids is 1. The second-order valence-corrected chi connectivity index (χ2v) is 7.58. The summed E-state index contributed by atoms with van der Waals surface area (Å²) in [6.45, 7) is 1.32. The molecule has 6 nitrogen and oxygen atoms in total. The number of para-hydroxylation sites is 1. The fourth-order valence-electron chi connectivity index (χ4n) is 3.33. The summed E-state index contributed by atoms with van der Waals surface area (Å²) in [4.78, 5) is 19.4. The minimum atomic E-state index is -0.0400. The fourth-order valence-corrected chi connectivity index (χ4v) is 3.63. The van der Waals surface area contributed by atoms with Gasteiger partial charge in [0.25, 0.3) is 5.91 Å². The number of fused-ring (bicyclic) bond motifs is 1. The molecule has 0 atom stereocenters. The van der Waals surface area contributed by atoms with Crippen molar-refractivity contribution in [3.8, 4) is 0 Å². The summed E-state index contributed by atoms with van der Waals surface area (Å²) in [6, 6.07) is 7.86. The Bertz CT molecular complexity index is 911. The second kappa shape index (κ2) is 6.63. The Morgan fingerprint density at radius 1 is 1.44 bits per heavy atom. The third kappa shape index (κ3) is 3.20. The molecule has 1 aliphatic carbocycles. The Balaban J connectivity index is 1.64. The Morgan fingerprint density at radius 3 is 2.96 bits per heavy atom. The number of aryl methyl sites for hydroxylation is 1. The van der Waals surface area contributed by atoms with Crippen LogP contribution in [-0.4, -0.2) is 37.1 Å². The standard InChI is InChI=1S/C18H20BrN5O/c1-23-11-20-17-13(6-3-7-15(17)23)10-24(9-12-4-2-5-12)18(25)14-8-16(19)22-21-14/h3,6-8,11-12H,2,4-5,9-10H2,1H3,(H,21,22). The highest BCUT2D eigenvalue weighted by molar-refractivity contribution is 9.10. The normalized spacial score (nSPS) is 14.6. The summed E-state index contributed by atoms with van der Waals surface area (Å²) in [5.41, 5.74) is 3.55. The van der Waals surface area contributed by atoms with Gasteiger partial charge in [-0.15, -0.1) is 0 Å². The molecule has 3 aromatic rings. The minimum absolute atomic E-state index is 0.0400. The molecule has 2 heterocycles. The number of imidazole rings is 1. The summed E-state index contributed by atoms with van der Waals surface area (Å²) in [5.74, 6) is 0.552. The number of nitrogens with one attached hydrogen (secondary N) is 1. The lowest BCUT2D eigenvalue weighted by Gasteiger charge is -2.32. The molecular formula is C18H20BrN5O. The zero-order chi connectivity index (χ0) is 17.4. The molecule has 0 saturated heterocycles. The summed E-state index contributed by atoms with van der Waals surface area (Å²) >= 11 is 3.33. The first-order valence-electron chi connectivity index (χ1n) is 8.51. The summed E-state index contributed by atoms with van der Waals surface area (Å²) < 4.78 is 2.72. The minimum Gasteiger partial charge on any atom is -0.334 e. The summed E-state index contributed by atoms with van der Waals surface area (Å²) in [7, 11) is 1.98. The average Bonchev–Trinajstić information content (AvgIpc) is 3.16. The third-order valence-electron chi connectivity index (χ3n) is 4.96. The molecule has 1 saturated carbocycles. The van der Waals surface area contributed by atoms with Gasteiger partial charge in [-0.1, -0.05) is 18.6 Å². The largest absolute Gasteiger partial charge is 0.334 e. The third-order valence-corrected chi connectivity index (χ3v) is 5.36. The van der Waals surface area contributed by atoms with E-state index in [0.717, 1.165) is 23.1 Å². The van der Waals surface area contributed by atoms with E-state index in [4.69, 9.17) is 0 Å². The van der Waals surface area contributed by atoms with E-state index in [0.29, 0.717) is 22.8 Å². The smallest absolute Gasteiger partial charge is 0.274 e. The molecule has 0 spiro atoms. The molecule has 0 aliphatic heterocycles. The molecule has 25 heavy (non-hydrogen) atoms. The lowest BCUT2D eigenvalue weighted by atomic mass is 9.85. The first-order chi connectivity index (χ1) is 12.1. The number of carbonyl (C=O) groups is 1. The van der Waals surface area contributed by atoms with Gasteiger partial charge in [0.1, 0.15) is 4.60 Å². The number of hydrogen-bond acceptors (Lipinski definition) is 3. The monoisotopic (exact) mass is 401 g/mol. The molecule has 1 aromatic carbocycles. The van der Waals surface area contributed by atoms with Crippen LogP contribution in [0.1, 0.15) is 35.3 Å². The van der Waals surface area contributed by atoms with Gasteiger partial charge in [0.05, 0.1) is 17.4 Å². The van der Waals surface area contributed by atoms with Crippen molar-refractivity contribution in [3.05, 3.63) is 46.5 Å². The van der Waals surface area contributed by atoms with Crippen molar-refractivity contribution in [1.29, 1.82) is 0 Å². The maximum atomic E-state index is 13.0. The number of H-pyrrole nitrogens is 1. The van der Waals surface area contributed by atoms with Crippen LogP contribution in [0.25, 0.3) is 11.0 Å². The molecule has 1 fully saturated rings. The first-order valence-corrected chi connectivity index (χ1v) is 9.30. The highest BCUT2D eigenvalue weighted by atomic mass is 79.9. The Morgan fingerprint density at radius 2 is 2.28 bits per heavy atom. The van der Waals surface area contributed by atoms with Gasteiger partial charge in [-0.2, -0.15) is 5.10 Å². The van der Waals surface area contributed by atoms with Crippen LogP contribution >= 0.6 is 15.9 Å². The van der Waals surface area contributed by atoms with Crippen LogP contribution in [0.4, 0.5) is 0 Å². The highest BCUT2D eigenvalue weighted by Gasteiger charge is 2.26. The Labute approximate surface area is 154 Å². The predicted molar refractivity (Wildman–Crippen MR) is 99.1 cm³/mol. The van der Waals surface area contributed by atoms with Gasteiger partial charge >= 0.3 is 0 Å². The number of rotatable bonds is 5. The second-order valence-electron chi connectivity index (χ2n) is 6.72. The Kier molecular flexibility index (Phi) is 4.33. The van der Waals surface area contributed by atoms with Crippen molar-refractivity contribution in [2.24, 2.45) is 13.0 Å². The van der Waals surface area contributed by atoms with Crippen LogP contribution in [0.3, 0.4) is 0 Å². The van der Waals surface area contributed by atoms with E-state index in [1.165, 1.54) is 19.3 Å². The van der Waals surface area contributed by atoms with Gasteiger partial charge < -0.3 is 9.47 Å². The van der Waals surface area contributed by atoms with E-state index in [1.807, 2.05) is 28.9 Å². The number of aromatic amines is 1. The van der Waals surface area contributed by atoms with Gasteiger partial charge in [0.15, 0.2) is 5.69 Å². The summed E-state index contributed by atoms with van der Waals surface area (Å²) in [5, 5.41) is 6.90. The number of hydrogen-bond donors (Lipinski definition) is 1. The Hall–Kier alpha value is -2.15. The molecule has 4 rings (SSSR count). The van der Waals surface area contributed by atoms with Crippen LogP contribution in [-0.2, 0) is 13.6 Å². The van der Waals surface area contributed by atoms with Gasteiger partial charge in [-0.25, -0.2) is 4.98 Å². The summed E-state index contributed by atoms with van der Waals surface area (Å²) in [6.07, 6.45) is 5.47. The van der Waals surface area contributed by atoms with Crippen molar-refractivity contribution in [2.45, 2.75) is 25.8 Å². The average molecular weight is 402 g/mol. The predicted octanol–water partition coefficient (Wildman–Crippen LogP) is 3.50. The van der Waals surface area contributed by atoms with Crippen LogP contribution in [0.15, 0.2) is 35.2 Å². The van der Waals surface area contributed by atoms with Crippen molar-refractivity contribution in [2.75, 3.05) is 6.54 Å². The zero-order valence-electron chi connectivity index (χ0n) is 14.1. The number of aromatic nitrogens is 4. The zero-order valence-corrected chi connectivity index (χ0v) is 15.7. The molecule has 0 radical (unpaired) electrons. The van der Waals surface area contributed by atoms with Crippen molar-refractivity contribution < 1.29 is 4.79 Å². The van der Waals surface area contributed by atoms with E-state index in [9.17, 15) is 4.79 Å². The fraction of sp³-hybridized carbons (Fsp3) is 0.389. The molecule has 2 aromatic heterocycles. The van der Waals surface area contributed by atoms with E-state index >= 15 is 0 Å². The molecule has 130 valence electrons. The van der Waals surface area contributed by atoms with E-state index in [-0.39, 0.29) is 5.91 Å². The van der Waals surface area contributed by atoms with Gasteiger partial charge in [0.2, 0.25) is 0 Å². The quantitative estimate of drug-likeness (QED) is 0.711. The first kappa shape index (κ1) is 16.3. The van der Waals surface area contributed by atoms with Crippen molar-refractivity contribution >= 4 is 32.9 Å². The number of nitrogens with zero attached hydrogens (tertiary/aromatic N) is 4. The van der Waals surface area contributed by atoms with Gasteiger partial charge in [0, 0.05) is 26.2 Å². The van der Waals surface area contributed by atoms with E-state index in [2.05, 4.69) is 43.2 Å². The van der Waals surface area contributed by atoms with Crippen LogP contribution in [0.2, 0.25) is 0 Å². The van der Waals surface area contributed by atoms with Crippen molar-refractivity contribution in [1.82, 2.24) is 24.6 Å². The van der Waals surface area contributed by atoms with Gasteiger partial charge in [-0.3, -0.25) is 9.89 Å². The molecule has 0 bridgehead atoms. The van der Waals surface area contributed by atoms with Gasteiger partial charge in [-0.05, 0) is 46.3 Å².